The van der Waals surface area contributed by atoms with Crippen molar-refractivity contribution in [3.8, 4) is 5.75 Å². The maximum absolute atomic E-state index is 13.8. The summed E-state index contributed by atoms with van der Waals surface area (Å²) in [6, 6.07) is 3.23. The van der Waals surface area contributed by atoms with E-state index < -0.39 is 0 Å². The Balaban J connectivity index is 2.96. The van der Waals surface area contributed by atoms with Crippen LogP contribution in [-0.4, -0.2) is 20.2 Å². The lowest BCUT2D eigenvalue weighted by molar-refractivity contribution is 0.414. The number of likely N-dealkylation sites (N-methyl/N-ethyl adjacent to an activating group) is 1. The van der Waals surface area contributed by atoms with E-state index in [1.54, 1.807) is 20.1 Å². The number of anilines is 1. The molecule has 1 unspecified atom stereocenters. The standard InChI is InChI=1S/C17H27FN2O/c1-11(2)7-8-15(13(4)19-5)20-16-10-14(18)12(3)9-17(16)21-6/h9-11,15,19-20H,4,7-8H2,1-3,5-6H3. The van der Waals surface area contributed by atoms with E-state index in [4.69, 9.17) is 4.74 Å². The van der Waals surface area contributed by atoms with Gasteiger partial charge >= 0.3 is 0 Å². The quantitative estimate of drug-likeness (QED) is 0.757. The van der Waals surface area contributed by atoms with Crippen molar-refractivity contribution in [3.05, 3.63) is 35.8 Å². The number of hydrogen-bond donors (Lipinski definition) is 2. The van der Waals surface area contributed by atoms with Crippen LogP contribution in [0.15, 0.2) is 24.4 Å². The van der Waals surface area contributed by atoms with Gasteiger partial charge in [0.25, 0.3) is 0 Å². The lowest BCUT2D eigenvalue weighted by Gasteiger charge is -2.24. The molecule has 3 nitrogen and oxygen atoms in total. The third-order valence-corrected chi connectivity index (χ3v) is 3.58. The van der Waals surface area contributed by atoms with Gasteiger partial charge in [-0.2, -0.15) is 0 Å². The molecule has 21 heavy (non-hydrogen) atoms. The van der Waals surface area contributed by atoms with Crippen LogP contribution in [-0.2, 0) is 0 Å². The molecule has 4 heteroatoms. The van der Waals surface area contributed by atoms with Crippen molar-refractivity contribution in [3.63, 3.8) is 0 Å². The molecular weight excluding hydrogens is 267 g/mol. The number of ether oxygens (including phenoxy) is 1. The zero-order valence-electron chi connectivity index (χ0n) is 13.7. The lowest BCUT2D eigenvalue weighted by atomic mass is 10.0. The second-order valence-electron chi connectivity index (χ2n) is 5.75. The summed E-state index contributed by atoms with van der Waals surface area (Å²) in [5, 5.41) is 6.43. The van der Waals surface area contributed by atoms with E-state index in [9.17, 15) is 4.39 Å². The predicted octanol–water partition coefficient (Wildman–Crippen LogP) is 4.09. The van der Waals surface area contributed by atoms with Crippen LogP contribution in [0.2, 0.25) is 0 Å². The fourth-order valence-electron chi connectivity index (χ4n) is 2.13. The molecule has 0 aliphatic heterocycles. The Morgan fingerprint density at radius 1 is 1.33 bits per heavy atom. The van der Waals surface area contributed by atoms with Crippen LogP contribution in [0.1, 0.15) is 32.3 Å². The number of hydrogen-bond acceptors (Lipinski definition) is 3. The monoisotopic (exact) mass is 294 g/mol. The molecule has 1 aromatic carbocycles. The molecule has 0 aliphatic rings. The van der Waals surface area contributed by atoms with Crippen LogP contribution >= 0.6 is 0 Å². The van der Waals surface area contributed by atoms with E-state index in [1.807, 2.05) is 7.05 Å². The second-order valence-corrected chi connectivity index (χ2v) is 5.75. The zero-order chi connectivity index (χ0) is 16.0. The van der Waals surface area contributed by atoms with E-state index in [2.05, 4.69) is 31.1 Å². The molecule has 0 saturated heterocycles. The summed E-state index contributed by atoms with van der Waals surface area (Å²) in [5.41, 5.74) is 2.12. The number of halogens is 1. The van der Waals surface area contributed by atoms with Gasteiger partial charge in [-0.05, 0) is 37.3 Å². The smallest absolute Gasteiger partial charge is 0.142 e. The highest BCUT2D eigenvalue weighted by molar-refractivity contribution is 5.59. The Morgan fingerprint density at radius 3 is 2.52 bits per heavy atom. The number of rotatable bonds is 8. The summed E-state index contributed by atoms with van der Waals surface area (Å²) in [6.07, 6.45) is 1.99. The van der Waals surface area contributed by atoms with E-state index in [0.717, 1.165) is 18.5 Å². The van der Waals surface area contributed by atoms with Crippen LogP contribution in [0, 0.1) is 18.7 Å². The molecule has 0 spiro atoms. The maximum Gasteiger partial charge on any atom is 0.142 e. The van der Waals surface area contributed by atoms with Crippen molar-refractivity contribution in [2.24, 2.45) is 5.92 Å². The molecule has 0 aliphatic carbocycles. The van der Waals surface area contributed by atoms with Crippen molar-refractivity contribution < 1.29 is 9.13 Å². The van der Waals surface area contributed by atoms with Gasteiger partial charge < -0.3 is 15.4 Å². The molecule has 0 amide bonds. The third kappa shape index (κ3) is 4.96. The summed E-state index contributed by atoms with van der Waals surface area (Å²) >= 11 is 0. The van der Waals surface area contributed by atoms with Gasteiger partial charge in [-0.1, -0.05) is 20.4 Å². The number of nitrogens with one attached hydrogen (secondary N) is 2. The molecule has 0 radical (unpaired) electrons. The molecule has 0 heterocycles. The van der Waals surface area contributed by atoms with Crippen LogP contribution in [0.5, 0.6) is 5.75 Å². The zero-order valence-corrected chi connectivity index (χ0v) is 13.7. The molecule has 1 atom stereocenters. The molecule has 0 fully saturated rings. The molecule has 0 saturated carbocycles. The fraction of sp³-hybridized carbons (Fsp3) is 0.529. The summed E-state index contributed by atoms with van der Waals surface area (Å²) < 4.78 is 19.2. The molecular formula is C17H27FN2O. The summed E-state index contributed by atoms with van der Waals surface area (Å²) in [6.45, 7) is 10.1. The van der Waals surface area contributed by atoms with E-state index in [-0.39, 0.29) is 11.9 Å². The average molecular weight is 294 g/mol. The largest absolute Gasteiger partial charge is 0.495 e. The summed E-state index contributed by atoms with van der Waals surface area (Å²) in [4.78, 5) is 0. The van der Waals surface area contributed by atoms with Crippen molar-refractivity contribution in [2.45, 2.75) is 39.7 Å². The number of aryl methyl sites for hydroxylation is 1. The minimum absolute atomic E-state index is 0.0356. The topological polar surface area (TPSA) is 33.3 Å². The van der Waals surface area contributed by atoms with E-state index >= 15 is 0 Å². The van der Waals surface area contributed by atoms with Gasteiger partial charge in [0, 0.05) is 18.8 Å². The van der Waals surface area contributed by atoms with Crippen molar-refractivity contribution >= 4 is 5.69 Å². The van der Waals surface area contributed by atoms with Gasteiger partial charge in [0.1, 0.15) is 11.6 Å². The van der Waals surface area contributed by atoms with Gasteiger partial charge in [-0.3, -0.25) is 0 Å². The lowest BCUT2D eigenvalue weighted by Crippen LogP contribution is -2.28. The molecule has 1 aromatic rings. The van der Waals surface area contributed by atoms with Gasteiger partial charge in [0.05, 0.1) is 18.8 Å². The van der Waals surface area contributed by atoms with Crippen LogP contribution in [0.25, 0.3) is 0 Å². The van der Waals surface area contributed by atoms with Crippen molar-refractivity contribution in [1.82, 2.24) is 5.32 Å². The highest BCUT2D eigenvalue weighted by Gasteiger charge is 2.16. The SMILES string of the molecule is C=C(NC)C(CCC(C)C)Nc1cc(F)c(C)cc1OC. The Labute approximate surface area is 127 Å². The highest BCUT2D eigenvalue weighted by atomic mass is 19.1. The summed E-state index contributed by atoms with van der Waals surface area (Å²) in [5.74, 6) is 1.01. The first-order valence-electron chi connectivity index (χ1n) is 7.36. The predicted molar refractivity (Wildman–Crippen MR) is 87.4 cm³/mol. The molecule has 1 rings (SSSR count). The molecule has 2 N–H and O–H groups in total. The van der Waals surface area contributed by atoms with Crippen LogP contribution in [0.3, 0.4) is 0 Å². The van der Waals surface area contributed by atoms with Crippen LogP contribution < -0.4 is 15.4 Å². The Hall–Kier alpha value is -1.71. The minimum Gasteiger partial charge on any atom is -0.495 e. The first-order valence-corrected chi connectivity index (χ1v) is 7.36. The molecule has 0 bridgehead atoms. The van der Waals surface area contributed by atoms with Crippen molar-refractivity contribution in [1.29, 1.82) is 0 Å². The molecule has 118 valence electrons. The Bertz CT molecular complexity index is 486. The number of methoxy groups -OCH3 is 1. The second kappa shape index (κ2) is 7.91. The van der Waals surface area contributed by atoms with Gasteiger partial charge in [-0.15, -0.1) is 0 Å². The molecule has 0 aromatic heterocycles. The highest BCUT2D eigenvalue weighted by Crippen LogP contribution is 2.29. The van der Waals surface area contributed by atoms with Gasteiger partial charge in [0.15, 0.2) is 0 Å². The maximum atomic E-state index is 13.8. The normalized spacial score (nSPS) is 12.1. The minimum atomic E-state index is -0.240. The van der Waals surface area contributed by atoms with E-state index in [1.165, 1.54) is 6.07 Å². The van der Waals surface area contributed by atoms with E-state index in [0.29, 0.717) is 22.9 Å². The average Bonchev–Trinajstić information content (AvgIpc) is 2.45. The summed E-state index contributed by atoms with van der Waals surface area (Å²) in [7, 11) is 3.44. The Morgan fingerprint density at radius 2 is 2.00 bits per heavy atom. The fourth-order valence-corrected chi connectivity index (χ4v) is 2.13. The Kier molecular flexibility index (Phi) is 6.53. The van der Waals surface area contributed by atoms with Gasteiger partial charge in [0.2, 0.25) is 0 Å². The number of benzene rings is 1. The van der Waals surface area contributed by atoms with Crippen LogP contribution in [0.4, 0.5) is 10.1 Å². The first kappa shape index (κ1) is 17.3. The third-order valence-electron chi connectivity index (χ3n) is 3.58. The van der Waals surface area contributed by atoms with Crippen molar-refractivity contribution in [2.75, 3.05) is 19.5 Å². The first-order chi connectivity index (χ1) is 9.88. The van der Waals surface area contributed by atoms with Gasteiger partial charge in [-0.25, -0.2) is 4.39 Å².